The lowest BCUT2D eigenvalue weighted by molar-refractivity contribution is -0.143. The number of ether oxygens (including phenoxy) is 1. The highest BCUT2D eigenvalue weighted by molar-refractivity contribution is 5.84. The number of hydrogen-bond donors (Lipinski definition) is 2. The number of rotatable bonds is 2. The Bertz CT molecular complexity index is 163. The second-order valence-electron chi connectivity index (χ2n) is 2.01. The number of aliphatic hydroxyl groups is 2. The molecule has 1 rings (SSSR count). The second kappa shape index (κ2) is 2.81. The van der Waals surface area contributed by atoms with Gasteiger partial charge in [0.1, 0.15) is 12.2 Å². The van der Waals surface area contributed by atoms with Crippen LogP contribution in [0.15, 0.2) is 12.2 Å². The van der Waals surface area contributed by atoms with Gasteiger partial charge in [0, 0.05) is 6.08 Å². The van der Waals surface area contributed by atoms with Crippen molar-refractivity contribution in [1.29, 1.82) is 0 Å². The highest BCUT2D eigenvalue weighted by Crippen LogP contribution is 2.08. The number of cyclic esters (lactones) is 1. The first-order valence-electron chi connectivity index (χ1n) is 2.92. The maximum absolute atomic E-state index is 10.4. The molecule has 0 saturated heterocycles. The zero-order chi connectivity index (χ0) is 7.56. The first-order valence-corrected chi connectivity index (χ1v) is 2.92. The number of esters is 1. The van der Waals surface area contributed by atoms with Crippen molar-refractivity contribution in [2.45, 2.75) is 12.2 Å². The van der Waals surface area contributed by atoms with Crippen LogP contribution in [0.4, 0.5) is 0 Å². The van der Waals surface area contributed by atoms with Crippen LogP contribution in [0.2, 0.25) is 0 Å². The van der Waals surface area contributed by atoms with E-state index in [9.17, 15) is 4.79 Å². The predicted molar refractivity (Wildman–Crippen MR) is 32.1 cm³/mol. The van der Waals surface area contributed by atoms with E-state index in [-0.39, 0.29) is 0 Å². The molecule has 1 aliphatic heterocycles. The van der Waals surface area contributed by atoms with Gasteiger partial charge in [0.2, 0.25) is 0 Å². The van der Waals surface area contributed by atoms with Gasteiger partial charge >= 0.3 is 5.97 Å². The Labute approximate surface area is 57.7 Å². The van der Waals surface area contributed by atoms with Gasteiger partial charge in [-0.25, -0.2) is 4.79 Å². The van der Waals surface area contributed by atoms with Gasteiger partial charge in [-0.15, -0.1) is 0 Å². The summed E-state index contributed by atoms with van der Waals surface area (Å²) < 4.78 is 4.55. The topological polar surface area (TPSA) is 66.8 Å². The number of hydrogen-bond acceptors (Lipinski definition) is 4. The fraction of sp³-hybridized carbons (Fsp3) is 0.500. The van der Waals surface area contributed by atoms with Crippen molar-refractivity contribution in [3.05, 3.63) is 12.2 Å². The molecule has 1 heterocycles. The highest BCUT2D eigenvalue weighted by atomic mass is 16.6. The van der Waals surface area contributed by atoms with E-state index in [4.69, 9.17) is 10.2 Å². The van der Waals surface area contributed by atoms with Crippen LogP contribution in [0, 0.1) is 0 Å². The minimum absolute atomic E-state index is 0.401. The molecule has 0 aromatic rings. The molecule has 0 radical (unpaired) electrons. The predicted octanol–water partition coefficient (Wildman–Crippen LogP) is -1.18. The lowest BCUT2D eigenvalue weighted by Crippen LogP contribution is -2.28. The normalized spacial score (nSPS) is 26.6. The first kappa shape index (κ1) is 7.24. The Kier molecular flexibility index (Phi) is 2.03. The molecule has 0 saturated carbocycles. The zero-order valence-electron chi connectivity index (χ0n) is 5.23. The van der Waals surface area contributed by atoms with E-state index in [2.05, 4.69) is 4.74 Å². The third-order valence-electron chi connectivity index (χ3n) is 1.24. The average Bonchev–Trinajstić information content (AvgIpc) is 2.34. The molecule has 0 aromatic carbocycles. The van der Waals surface area contributed by atoms with Crippen LogP contribution in [0.1, 0.15) is 0 Å². The molecule has 1 aliphatic rings. The maximum Gasteiger partial charge on any atom is 0.331 e. The lowest BCUT2D eigenvalue weighted by Gasteiger charge is -2.12. The Balaban J connectivity index is 2.46. The summed E-state index contributed by atoms with van der Waals surface area (Å²) in [5.74, 6) is -0.475. The molecule has 4 heteroatoms. The van der Waals surface area contributed by atoms with Crippen LogP contribution in [0.5, 0.6) is 0 Å². The van der Waals surface area contributed by atoms with Crippen LogP contribution >= 0.6 is 0 Å². The number of carbonyl (C=O) groups is 1. The van der Waals surface area contributed by atoms with Crippen molar-refractivity contribution in [2.24, 2.45) is 0 Å². The summed E-state index contributed by atoms with van der Waals surface area (Å²) in [6.45, 7) is -0.401. The van der Waals surface area contributed by atoms with E-state index >= 15 is 0 Å². The van der Waals surface area contributed by atoms with E-state index in [0.717, 1.165) is 0 Å². The molecular formula is C6H8O4. The third-order valence-corrected chi connectivity index (χ3v) is 1.24. The van der Waals surface area contributed by atoms with Gasteiger partial charge in [0.15, 0.2) is 0 Å². The Hall–Kier alpha value is -0.870. The van der Waals surface area contributed by atoms with Crippen molar-refractivity contribution in [3.8, 4) is 0 Å². The van der Waals surface area contributed by atoms with Crippen LogP contribution in [-0.4, -0.2) is 35.0 Å². The monoisotopic (exact) mass is 144 g/mol. The van der Waals surface area contributed by atoms with Crippen LogP contribution in [0.25, 0.3) is 0 Å². The molecule has 4 nitrogen and oxygen atoms in total. The van der Waals surface area contributed by atoms with Crippen molar-refractivity contribution < 1.29 is 19.7 Å². The summed E-state index contributed by atoms with van der Waals surface area (Å²) >= 11 is 0. The van der Waals surface area contributed by atoms with Gasteiger partial charge in [-0.05, 0) is 6.08 Å². The van der Waals surface area contributed by atoms with Gasteiger partial charge in [-0.2, -0.15) is 0 Å². The SMILES string of the molecule is O=C1C=C[C@@H]([C@@H](O)CO)O1. The molecule has 0 unspecified atom stereocenters. The zero-order valence-corrected chi connectivity index (χ0v) is 5.23. The van der Waals surface area contributed by atoms with E-state index in [1.54, 1.807) is 0 Å². The van der Waals surface area contributed by atoms with Crippen molar-refractivity contribution in [2.75, 3.05) is 6.61 Å². The van der Waals surface area contributed by atoms with Gasteiger partial charge in [0.25, 0.3) is 0 Å². The molecule has 2 N–H and O–H groups in total. The second-order valence-corrected chi connectivity index (χ2v) is 2.01. The molecule has 2 atom stereocenters. The molecule has 0 spiro atoms. The van der Waals surface area contributed by atoms with Gasteiger partial charge in [0.05, 0.1) is 6.61 Å². The summed E-state index contributed by atoms with van der Waals surface area (Å²) in [6.07, 6.45) is 0.979. The largest absolute Gasteiger partial charge is 0.452 e. The van der Waals surface area contributed by atoms with Gasteiger partial charge < -0.3 is 14.9 Å². The summed E-state index contributed by atoms with van der Waals surface area (Å²) in [4.78, 5) is 10.4. The fourth-order valence-corrected chi connectivity index (χ4v) is 0.697. The van der Waals surface area contributed by atoms with E-state index < -0.39 is 24.8 Å². The Morgan fingerprint density at radius 1 is 1.80 bits per heavy atom. The lowest BCUT2D eigenvalue weighted by atomic mass is 10.2. The van der Waals surface area contributed by atoms with Crippen LogP contribution < -0.4 is 0 Å². The standard InChI is InChI=1S/C6H8O4/c7-3-4(8)5-1-2-6(9)10-5/h1-2,4-5,7-8H,3H2/t4-,5-/m0/s1. The van der Waals surface area contributed by atoms with Crippen molar-refractivity contribution in [1.82, 2.24) is 0 Å². The summed E-state index contributed by atoms with van der Waals surface area (Å²) in [5, 5.41) is 17.3. The summed E-state index contributed by atoms with van der Waals surface area (Å²) in [5.41, 5.74) is 0. The third kappa shape index (κ3) is 1.34. The van der Waals surface area contributed by atoms with Crippen LogP contribution in [0.3, 0.4) is 0 Å². The highest BCUT2D eigenvalue weighted by Gasteiger charge is 2.23. The first-order chi connectivity index (χ1) is 4.74. The maximum atomic E-state index is 10.4. The minimum Gasteiger partial charge on any atom is -0.452 e. The fourth-order valence-electron chi connectivity index (χ4n) is 0.697. The smallest absolute Gasteiger partial charge is 0.331 e. The molecule has 56 valence electrons. The van der Waals surface area contributed by atoms with Gasteiger partial charge in [-0.3, -0.25) is 0 Å². The molecule has 0 bridgehead atoms. The van der Waals surface area contributed by atoms with E-state index in [1.807, 2.05) is 0 Å². The number of aliphatic hydroxyl groups excluding tert-OH is 2. The quantitative estimate of drug-likeness (QED) is 0.479. The molecule has 0 fully saturated rings. The molecule has 10 heavy (non-hydrogen) atoms. The minimum atomic E-state index is -0.998. The molecule has 0 amide bonds. The number of carbonyl (C=O) groups excluding carboxylic acids is 1. The Morgan fingerprint density at radius 3 is 2.90 bits per heavy atom. The molecule has 0 aliphatic carbocycles. The average molecular weight is 144 g/mol. The van der Waals surface area contributed by atoms with Crippen LogP contribution in [-0.2, 0) is 9.53 Å². The molecule has 0 aromatic heterocycles. The Morgan fingerprint density at radius 2 is 2.50 bits per heavy atom. The molecular weight excluding hydrogens is 136 g/mol. The van der Waals surface area contributed by atoms with Crippen molar-refractivity contribution in [3.63, 3.8) is 0 Å². The summed E-state index contributed by atoms with van der Waals surface area (Å²) in [6, 6.07) is 0. The van der Waals surface area contributed by atoms with E-state index in [0.29, 0.717) is 0 Å². The van der Waals surface area contributed by atoms with Crippen molar-refractivity contribution >= 4 is 5.97 Å². The summed E-state index contributed by atoms with van der Waals surface area (Å²) in [7, 11) is 0. The van der Waals surface area contributed by atoms with Gasteiger partial charge in [-0.1, -0.05) is 0 Å². The van der Waals surface area contributed by atoms with E-state index in [1.165, 1.54) is 12.2 Å².